The molecule has 0 radical (unpaired) electrons. The monoisotopic (exact) mass is 469 g/mol. The summed E-state index contributed by atoms with van der Waals surface area (Å²) < 4.78 is 5.44. The molecule has 0 fully saturated rings. The molecule has 178 valence electrons. The summed E-state index contributed by atoms with van der Waals surface area (Å²) in [5.41, 5.74) is 4.52. The van der Waals surface area contributed by atoms with Crippen LogP contribution >= 0.6 is 0 Å². The van der Waals surface area contributed by atoms with E-state index in [1.807, 2.05) is 53.4 Å². The Balaban J connectivity index is 1.50. The summed E-state index contributed by atoms with van der Waals surface area (Å²) in [7, 11) is 0. The Morgan fingerprint density at radius 1 is 1.03 bits per heavy atom. The fraction of sp³-hybridized carbons (Fsp3) is 0.280. The number of tetrazole rings is 1. The largest absolute Gasteiger partial charge is 0.335 e. The average molecular weight is 470 g/mol. The molecule has 5 rings (SSSR count). The van der Waals surface area contributed by atoms with E-state index in [-0.39, 0.29) is 11.7 Å². The van der Waals surface area contributed by atoms with Crippen LogP contribution < -0.4 is 5.69 Å². The second kappa shape index (κ2) is 9.49. The quantitative estimate of drug-likeness (QED) is 0.371. The maximum atomic E-state index is 13.5. The van der Waals surface area contributed by atoms with Gasteiger partial charge in [0.25, 0.3) is 0 Å². The molecule has 0 spiro atoms. The van der Waals surface area contributed by atoms with Gasteiger partial charge in [-0.05, 0) is 54.8 Å². The molecule has 0 saturated heterocycles. The van der Waals surface area contributed by atoms with E-state index < -0.39 is 0 Å². The molecule has 0 saturated carbocycles. The van der Waals surface area contributed by atoms with E-state index in [1.165, 1.54) is 0 Å². The van der Waals surface area contributed by atoms with Gasteiger partial charge < -0.3 is 4.57 Å². The zero-order chi connectivity index (χ0) is 24.4. The Morgan fingerprint density at radius 3 is 2.63 bits per heavy atom. The fourth-order valence-corrected chi connectivity index (χ4v) is 4.22. The third-order valence-corrected chi connectivity index (χ3v) is 5.92. The van der Waals surface area contributed by atoms with Crippen molar-refractivity contribution < 1.29 is 0 Å². The zero-order valence-electron chi connectivity index (χ0n) is 20.0. The number of hydrogen-bond donors (Lipinski definition) is 1. The second-order valence-corrected chi connectivity index (χ2v) is 8.69. The molecule has 5 aromatic rings. The molecule has 0 atom stereocenters. The van der Waals surface area contributed by atoms with Gasteiger partial charge in [0.2, 0.25) is 11.8 Å². The molecule has 0 unspecified atom stereocenters. The molecule has 0 aliphatic heterocycles. The third-order valence-electron chi connectivity index (χ3n) is 5.92. The van der Waals surface area contributed by atoms with Crippen molar-refractivity contribution in [3.8, 4) is 28.5 Å². The molecular weight excluding hydrogens is 442 g/mol. The van der Waals surface area contributed by atoms with E-state index in [0.29, 0.717) is 18.3 Å². The minimum atomic E-state index is -0.118. The van der Waals surface area contributed by atoms with Crippen LogP contribution in [0.2, 0.25) is 0 Å². The van der Waals surface area contributed by atoms with Crippen LogP contribution in [0.5, 0.6) is 0 Å². The predicted octanol–water partition coefficient (Wildman–Crippen LogP) is 3.66. The minimum absolute atomic E-state index is 0.118. The molecule has 0 aliphatic rings. The highest BCUT2D eigenvalue weighted by atomic mass is 16.1. The lowest BCUT2D eigenvalue weighted by Gasteiger charge is -2.11. The van der Waals surface area contributed by atoms with Crippen molar-refractivity contribution >= 4 is 0 Å². The first-order valence-corrected chi connectivity index (χ1v) is 11.7. The van der Waals surface area contributed by atoms with E-state index in [2.05, 4.69) is 51.4 Å². The summed E-state index contributed by atoms with van der Waals surface area (Å²) in [4.78, 5) is 22.5. The van der Waals surface area contributed by atoms with Crippen molar-refractivity contribution in [1.29, 1.82) is 0 Å². The number of aryl methyl sites for hydroxylation is 1. The fourth-order valence-electron chi connectivity index (χ4n) is 4.22. The smallest absolute Gasteiger partial charge is 0.314 e. The highest BCUT2D eigenvalue weighted by Gasteiger charge is 2.17. The second-order valence-electron chi connectivity index (χ2n) is 8.69. The minimum Gasteiger partial charge on any atom is -0.314 e. The summed E-state index contributed by atoms with van der Waals surface area (Å²) in [6.45, 7) is 6.63. The summed E-state index contributed by atoms with van der Waals surface area (Å²) in [6.07, 6.45) is 9.03. The molecule has 10 heteroatoms. The molecule has 4 heterocycles. The van der Waals surface area contributed by atoms with Crippen LogP contribution in [0.1, 0.15) is 44.6 Å². The van der Waals surface area contributed by atoms with Gasteiger partial charge in [0.1, 0.15) is 0 Å². The molecule has 0 amide bonds. The SMILES string of the molecule is CCCc1cn(-c2nccn2C(C)C)c(=O)n1Cc1cc(-c2cccc(-c3nn[nH]n3)c2)ccn1. The van der Waals surface area contributed by atoms with Gasteiger partial charge >= 0.3 is 5.69 Å². The summed E-state index contributed by atoms with van der Waals surface area (Å²) >= 11 is 0. The Labute approximate surface area is 202 Å². The highest BCUT2D eigenvalue weighted by Crippen LogP contribution is 2.24. The van der Waals surface area contributed by atoms with Crippen LogP contribution in [0.15, 0.2) is 66.0 Å². The number of nitrogens with one attached hydrogen (secondary N) is 1. The first kappa shape index (κ1) is 22.5. The zero-order valence-corrected chi connectivity index (χ0v) is 20.0. The van der Waals surface area contributed by atoms with Crippen molar-refractivity contribution in [1.82, 2.24) is 44.3 Å². The van der Waals surface area contributed by atoms with Gasteiger partial charge in [-0.25, -0.2) is 14.3 Å². The van der Waals surface area contributed by atoms with E-state index in [4.69, 9.17) is 0 Å². The van der Waals surface area contributed by atoms with Crippen LogP contribution in [0, 0.1) is 0 Å². The molecule has 0 aliphatic carbocycles. The van der Waals surface area contributed by atoms with Gasteiger partial charge in [-0.1, -0.05) is 31.5 Å². The van der Waals surface area contributed by atoms with E-state index in [9.17, 15) is 4.79 Å². The average Bonchev–Trinajstić information content (AvgIpc) is 3.62. The number of imidazole rings is 2. The number of hydrogen-bond acceptors (Lipinski definition) is 6. The summed E-state index contributed by atoms with van der Waals surface area (Å²) in [5.74, 6) is 1.17. The number of nitrogens with zero attached hydrogens (tertiary/aromatic N) is 8. The number of rotatable bonds is 8. The van der Waals surface area contributed by atoms with Gasteiger partial charge in [-0.2, -0.15) is 5.21 Å². The van der Waals surface area contributed by atoms with Crippen LogP contribution in [-0.2, 0) is 13.0 Å². The van der Waals surface area contributed by atoms with Crippen molar-refractivity contribution in [2.45, 2.75) is 46.2 Å². The Morgan fingerprint density at radius 2 is 1.86 bits per heavy atom. The standard InChI is InChI=1S/C25H27N9O/c1-4-6-22-16-34(24-27-11-12-32(24)17(2)3)25(35)33(22)15-21-14-19(9-10-26-21)18-7-5-8-20(13-18)23-28-30-31-29-23/h5,7-14,16-17H,4,6,15H2,1-3H3,(H,28,29,30,31). The Bertz CT molecular complexity index is 1490. The molecule has 10 nitrogen and oxygen atoms in total. The van der Waals surface area contributed by atoms with Gasteiger partial charge in [0.15, 0.2) is 0 Å². The van der Waals surface area contributed by atoms with Crippen LogP contribution in [0.25, 0.3) is 28.5 Å². The molecule has 4 aromatic heterocycles. The molecule has 1 N–H and O–H groups in total. The molecule has 35 heavy (non-hydrogen) atoms. The molecule has 1 aromatic carbocycles. The van der Waals surface area contributed by atoms with Crippen molar-refractivity contribution in [2.24, 2.45) is 0 Å². The van der Waals surface area contributed by atoms with Crippen molar-refractivity contribution in [3.63, 3.8) is 0 Å². The van der Waals surface area contributed by atoms with Crippen molar-refractivity contribution in [3.05, 3.63) is 83.1 Å². The highest BCUT2D eigenvalue weighted by molar-refractivity contribution is 5.70. The van der Waals surface area contributed by atoms with Crippen LogP contribution in [0.3, 0.4) is 0 Å². The normalized spacial score (nSPS) is 11.4. The lowest BCUT2D eigenvalue weighted by Crippen LogP contribution is -2.27. The number of aromatic nitrogens is 9. The number of pyridine rings is 1. The van der Waals surface area contributed by atoms with Gasteiger partial charge in [-0.15, -0.1) is 10.2 Å². The first-order valence-electron chi connectivity index (χ1n) is 11.7. The lowest BCUT2D eigenvalue weighted by atomic mass is 10.0. The van der Waals surface area contributed by atoms with E-state index in [0.717, 1.165) is 40.9 Å². The Hall–Kier alpha value is -4.34. The molecular formula is C25H27N9O. The van der Waals surface area contributed by atoms with Gasteiger partial charge in [0.05, 0.1) is 12.2 Å². The lowest BCUT2D eigenvalue weighted by molar-refractivity contribution is 0.576. The first-order chi connectivity index (χ1) is 17.0. The third kappa shape index (κ3) is 4.42. The van der Waals surface area contributed by atoms with Crippen molar-refractivity contribution in [2.75, 3.05) is 0 Å². The predicted molar refractivity (Wildman–Crippen MR) is 132 cm³/mol. The maximum Gasteiger partial charge on any atom is 0.335 e. The van der Waals surface area contributed by atoms with Crippen LogP contribution in [0.4, 0.5) is 0 Å². The number of aromatic amines is 1. The maximum absolute atomic E-state index is 13.5. The number of H-pyrrole nitrogens is 1. The Kier molecular flexibility index (Phi) is 6.09. The van der Waals surface area contributed by atoms with Gasteiger partial charge in [0, 0.05) is 42.1 Å². The summed E-state index contributed by atoms with van der Waals surface area (Å²) in [6, 6.07) is 12.1. The number of benzene rings is 1. The van der Waals surface area contributed by atoms with Gasteiger partial charge in [-0.3, -0.25) is 9.55 Å². The molecule has 0 bridgehead atoms. The van der Waals surface area contributed by atoms with E-state index >= 15 is 0 Å². The van der Waals surface area contributed by atoms with E-state index in [1.54, 1.807) is 21.5 Å². The summed E-state index contributed by atoms with van der Waals surface area (Å²) in [5, 5.41) is 14.3. The van der Waals surface area contributed by atoms with Crippen LogP contribution in [-0.4, -0.2) is 44.3 Å². The topological polar surface area (TPSA) is 112 Å².